The lowest BCUT2D eigenvalue weighted by atomic mass is 10.1. The van der Waals surface area contributed by atoms with Crippen molar-refractivity contribution in [1.82, 2.24) is 4.68 Å². The molecule has 0 saturated carbocycles. The van der Waals surface area contributed by atoms with Crippen LogP contribution in [0.15, 0.2) is 77.6 Å². The molecular weight excluding hydrogens is 390 g/mol. The first-order valence-electron chi connectivity index (χ1n) is 8.85. The van der Waals surface area contributed by atoms with Crippen LogP contribution >= 0.6 is 11.6 Å². The Hall–Kier alpha value is -3.64. The van der Waals surface area contributed by atoms with Gasteiger partial charge < -0.3 is 4.74 Å². The van der Waals surface area contributed by atoms with Gasteiger partial charge in [-0.05, 0) is 54.6 Å². The van der Waals surface area contributed by atoms with Crippen molar-refractivity contribution in [3.8, 4) is 17.1 Å². The molecule has 1 amide bonds. The molecule has 2 N–H and O–H groups in total. The second-order valence-corrected chi connectivity index (χ2v) is 6.78. The van der Waals surface area contributed by atoms with Gasteiger partial charge in [0.1, 0.15) is 16.7 Å². The molecule has 0 radical (unpaired) electrons. The smallest absolute Gasteiger partial charge is 0.369 e. The minimum atomic E-state index is -0.434. The number of nitrogens with one attached hydrogen (secondary N) is 2. The molecule has 0 atom stereocenters. The maximum atomic E-state index is 13.2. The van der Waals surface area contributed by atoms with E-state index in [4.69, 9.17) is 16.3 Å². The molecule has 144 valence electrons. The van der Waals surface area contributed by atoms with Gasteiger partial charge in [0.2, 0.25) is 0 Å². The number of ether oxygens (including phenoxy) is 1. The van der Waals surface area contributed by atoms with E-state index in [1.54, 1.807) is 55.6 Å². The summed E-state index contributed by atoms with van der Waals surface area (Å²) in [5.41, 5.74) is 4.07. The second kappa shape index (κ2) is 7.77. The minimum absolute atomic E-state index is 0.348. The maximum absolute atomic E-state index is 13.2. The molecule has 1 aromatic heterocycles. The molecule has 0 aliphatic carbocycles. The molecule has 29 heavy (non-hydrogen) atoms. The average molecular weight is 407 g/mol. The molecule has 0 saturated heterocycles. The predicted octanol–water partition coefficient (Wildman–Crippen LogP) is 3.53. The SMILES string of the molecule is COc1cccc(-c2[nH+]c3ccccc3c(=O)n2NC(=O)c2ccc(Cl)cc2)c1. The third-order valence-corrected chi connectivity index (χ3v) is 4.75. The van der Waals surface area contributed by atoms with Gasteiger partial charge in [0.15, 0.2) is 0 Å². The van der Waals surface area contributed by atoms with Crippen molar-refractivity contribution < 1.29 is 14.5 Å². The van der Waals surface area contributed by atoms with E-state index in [1.807, 2.05) is 24.3 Å². The normalized spacial score (nSPS) is 10.7. The number of benzene rings is 3. The fourth-order valence-corrected chi connectivity index (χ4v) is 3.16. The number of nitrogens with zero attached hydrogens (tertiary/aromatic N) is 1. The maximum Gasteiger partial charge on any atom is 0.369 e. The van der Waals surface area contributed by atoms with Gasteiger partial charge in [-0.25, -0.2) is 9.78 Å². The summed E-state index contributed by atoms with van der Waals surface area (Å²) in [6, 6.07) is 20.8. The quantitative estimate of drug-likeness (QED) is 0.563. The van der Waals surface area contributed by atoms with Gasteiger partial charge in [0, 0.05) is 10.6 Å². The van der Waals surface area contributed by atoms with Crippen molar-refractivity contribution in [2.75, 3.05) is 12.5 Å². The Morgan fingerprint density at radius 1 is 1.03 bits per heavy atom. The molecule has 0 fully saturated rings. The van der Waals surface area contributed by atoms with Crippen LogP contribution in [0.4, 0.5) is 0 Å². The van der Waals surface area contributed by atoms with Crippen molar-refractivity contribution in [1.29, 1.82) is 0 Å². The lowest BCUT2D eigenvalue weighted by Crippen LogP contribution is -2.38. The summed E-state index contributed by atoms with van der Waals surface area (Å²) < 4.78 is 6.51. The molecule has 0 spiro atoms. The van der Waals surface area contributed by atoms with Crippen LogP contribution in [0.1, 0.15) is 10.4 Å². The predicted molar refractivity (Wildman–Crippen MR) is 112 cm³/mol. The number of carbonyl (C=O) groups is 1. The monoisotopic (exact) mass is 406 g/mol. The van der Waals surface area contributed by atoms with Crippen molar-refractivity contribution in [2.45, 2.75) is 0 Å². The van der Waals surface area contributed by atoms with Gasteiger partial charge in [-0.2, -0.15) is 5.43 Å². The van der Waals surface area contributed by atoms with Crippen molar-refractivity contribution >= 4 is 28.4 Å². The summed E-state index contributed by atoms with van der Waals surface area (Å²) in [7, 11) is 1.57. The lowest BCUT2D eigenvalue weighted by Gasteiger charge is -2.09. The van der Waals surface area contributed by atoms with Crippen LogP contribution in [0.25, 0.3) is 22.3 Å². The molecule has 0 aliphatic heterocycles. The highest BCUT2D eigenvalue weighted by Crippen LogP contribution is 2.21. The molecule has 6 nitrogen and oxygen atoms in total. The highest BCUT2D eigenvalue weighted by atomic mass is 35.5. The van der Waals surface area contributed by atoms with Gasteiger partial charge in [-0.1, -0.05) is 34.5 Å². The van der Waals surface area contributed by atoms with Gasteiger partial charge in [-0.3, -0.25) is 4.79 Å². The zero-order valence-electron chi connectivity index (χ0n) is 15.5. The number of hydrogen-bond donors (Lipinski definition) is 1. The fraction of sp³-hybridized carbons (Fsp3) is 0.0455. The van der Waals surface area contributed by atoms with Gasteiger partial charge >= 0.3 is 11.4 Å². The van der Waals surface area contributed by atoms with E-state index in [1.165, 1.54) is 4.68 Å². The Bertz CT molecular complexity index is 1270. The minimum Gasteiger partial charge on any atom is -0.497 e. The largest absolute Gasteiger partial charge is 0.497 e. The van der Waals surface area contributed by atoms with Gasteiger partial charge in [-0.15, -0.1) is 0 Å². The fourth-order valence-electron chi connectivity index (χ4n) is 3.03. The number of H-pyrrole nitrogens is 1. The van der Waals surface area contributed by atoms with Crippen LogP contribution in [-0.4, -0.2) is 17.7 Å². The Labute approximate surface area is 171 Å². The van der Waals surface area contributed by atoms with Gasteiger partial charge in [0.05, 0.1) is 12.7 Å². The van der Waals surface area contributed by atoms with Crippen LogP contribution in [-0.2, 0) is 0 Å². The topological polar surface area (TPSA) is 74.5 Å². The number of amides is 1. The number of halogens is 1. The van der Waals surface area contributed by atoms with Crippen LogP contribution < -0.4 is 20.7 Å². The third kappa shape index (κ3) is 3.70. The molecular formula is C22H17ClN3O3+. The number of hydrogen-bond acceptors (Lipinski definition) is 3. The van der Waals surface area contributed by atoms with Gasteiger partial charge in [0.25, 0.3) is 5.91 Å². The molecule has 1 heterocycles. The average Bonchev–Trinajstić information content (AvgIpc) is 2.76. The van der Waals surface area contributed by atoms with E-state index < -0.39 is 5.91 Å². The molecule has 4 rings (SSSR count). The molecule has 0 unspecified atom stereocenters. The summed E-state index contributed by atoms with van der Waals surface area (Å²) in [6.07, 6.45) is 0. The second-order valence-electron chi connectivity index (χ2n) is 6.34. The van der Waals surface area contributed by atoms with E-state index in [-0.39, 0.29) is 5.56 Å². The van der Waals surface area contributed by atoms with Crippen molar-refractivity contribution in [2.24, 2.45) is 0 Å². The Balaban J connectivity index is 1.88. The third-order valence-electron chi connectivity index (χ3n) is 4.50. The molecule has 3 aromatic carbocycles. The zero-order chi connectivity index (χ0) is 20.4. The van der Waals surface area contributed by atoms with E-state index in [9.17, 15) is 9.59 Å². The van der Waals surface area contributed by atoms with E-state index in [0.717, 1.165) is 0 Å². The number of methoxy groups -OCH3 is 1. The highest BCUT2D eigenvalue weighted by Gasteiger charge is 2.23. The van der Waals surface area contributed by atoms with E-state index in [0.29, 0.717) is 38.6 Å². The Morgan fingerprint density at radius 2 is 1.79 bits per heavy atom. The molecule has 0 bridgehead atoms. The number of para-hydroxylation sites is 1. The lowest BCUT2D eigenvalue weighted by molar-refractivity contribution is -0.337. The Kier molecular flexibility index (Phi) is 5.01. The van der Waals surface area contributed by atoms with E-state index in [2.05, 4.69) is 10.4 Å². The summed E-state index contributed by atoms with van der Waals surface area (Å²) >= 11 is 5.90. The molecule has 7 heteroatoms. The summed E-state index contributed by atoms with van der Waals surface area (Å²) in [4.78, 5) is 29.2. The van der Waals surface area contributed by atoms with Crippen LogP contribution in [0.5, 0.6) is 5.75 Å². The summed E-state index contributed by atoms with van der Waals surface area (Å²) in [6.45, 7) is 0. The van der Waals surface area contributed by atoms with E-state index >= 15 is 0 Å². The zero-order valence-corrected chi connectivity index (χ0v) is 16.2. The van der Waals surface area contributed by atoms with Crippen LogP contribution in [0.2, 0.25) is 5.02 Å². The first kappa shape index (κ1) is 18.7. The molecule has 4 aromatic rings. The Morgan fingerprint density at radius 3 is 2.55 bits per heavy atom. The van der Waals surface area contributed by atoms with Crippen molar-refractivity contribution in [3.63, 3.8) is 0 Å². The summed E-state index contributed by atoms with van der Waals surface area (Å²) in [5.74, 6) is 0.624. The number of fused-ring (bicyclic) bond motifs is 1. The van der Waals surface area contributed by atoms with Crippen LogP contribution in [0, 0.1) is 0 Å². The van der Waals surface area contributed by atoms with Crippen LogP contribution in [0.3, 0.4) is 0 Å². The van der Waals surface area contributed by atoms with Crippen molar-refractivity contribution in [3.05, 3.63) is 93.7 Å². The number of aromatic amines is 1. The highest BCUT2D eigenvalue weighted by molar-refractivity contribution is 6.30. The number of carbonyl (C=O) groups excluding carboxylic acids is 1. The molecule has 0 aliphatic rings. The number of aromatic nitrogens is 2. The number of rotatable bonds is 4. The first-order chi connectivity index (χ1) is 14.1. The standard InChI is InChI=1S/C22H16ClN3O3/c1-29-17-6-4-5-15(13-17)20-24-19-8-3-2-7-18(19)22(28)26(20)25-21(27)14-9-11-16(23)12-10-14/h2-13H,1H3,(H,25,27)/p+1. The first-order valence-corrected chi connectivity index (χ1v) is 9.23. The summed E-state index contributed by atoms with van der Waals surface area (Å²) in [5, 5.41) is 0.977.